The Labute approximate surface area is 122 Å². The summed E-state index contributed by atoms with van der Waals surface area (Å²) in [5.41, 5.74) is 6.84. The predicted octanol–water partition coefficient (Wildman–Crippen LogP) is 3.33. The van der Waals surface area contributed by atoms with Crippen LogP contribution in [0.4, 0.5) is 4.39 Å². The lowest BCUT2D eigenvalue weighted by atomic mass is 9.91. The summed E-state index contributed by atoms with van der Waals surface area (Å²) in [7, 11) is 0. The molecule has 4 heteroatoms. The second-order valence-corrected chi connectivity index (χ2v) is 4.96. The quantitative estimate of drug-likeness (QED) is 0.918. The number of halogens is 2. The maximum Gasteiger partial charge on any atom is 0.146 e. The normalized spacial score (nSPS) is 12.2. The molecule has 2 N–H and O–H groups in total. The molecular formula is C16H15ClFNO. The molecule has 2 aromatic rings. The number of carbonyl (C=O) groups is 1. The molecule has 0 aliphatic carbocycles. The average molecular weight is 292 g/mol. The van der Waals surface area contributed by atoms with Crippen molar-refractivity contribution in [2.45, 2.75) is 12.3 Å². The first-order chi connectivity index (χ1) is 9.63. The molecule has 1 unspecified atom stereocenters. The lowest BCUT2D eigenvalue weighted by Gasteiger charge is -2.14. The molecule has 0 amide bonds. The monoisotopic (exact) mass is 291 g/mol. The van der Waals surface area contributed by atoms with E-state index in [4.69, 9.17) is 17.3 Å². The van der Waals surface area contributed by atoms with Gasteiger partial charge in [0.2, 0.25) is 0 Å². The maximum atomic E-state index is 13.8. The molecular weight excluding hydrogens is 277 g/mol. The van der Waals surface area contributed by atoms with Gasteiger partial charge in [0.25, 0.3) is 0 Å². The predicted molar refractivity (Wildman–Crippen MR) is 78.4 cm³/mol. The lowest BCUT2D eigenvalue weighted by molar-refractivity contribution is -0.119. The molecule has 0 aliphatic heterocycles. The van der Waals surface area contributed by atoms with E-state index in [-0.39, 0.29) is 23.8 Å². The van der Waals surface area contributed by atoms with Crippen molar-refractivity contribution in [1.29, 1.82) is 0 Å². The standard InChI is InChI=1S/C16H15ClFNO/c17-14-8-4-7-12(16(14)18)9-15(20)13(10-19)11-5-2-1-3-6-11/h1-8,13H,9-10,19H2. The van der Waals surface area contributed by atoms with Crippen LogP contribution in [0.2, 0.25) is 5.02 Å². The van der Waals surface area contributed by atoms with Crippen LogP contribution in [-0.4, -0.2) is 12.3 Å². The zero-order valence-corrected chi connectivity index (χ0v) is 11.6. The first-order valence-corrected chi connectivity index (χ1v) is 6.72. The fourth-order valence-electron chi connectivity index (χ4n) is 2.13. The first-order valence-electron chi connectivity index (χ1n) is 6.34. The van der Waals surface area contributed by atoms with Gasteiger partial charge in [0, 0.05) is 13.0 Å². The van der Waals surface area contributed by atoms with Gasteiger partial charge in [0.05, 0.1) is 10.9 Å². The van der Waals surface area contributed by atoms with Crippen molar-refractivity contribution in [3.05, 3.63) is 70.5 Å². The van der Waals surface area contributed by atoms with Crippen LogP contribution in [0.5, 0.6) is 0 Å². The van der Waals surface area contributed by atoms with Crippen LogP contribution in [0.3, 0.4) is 0 Å². The molecule has 1 atom stereocenters. The Balaban J connectivity index is 2.20. The van der Waals surface area contributed by atoms with Crippen molar-refractivity contribution in [2.75, 3.05) is 6.54 Å². The van der Waals surface area contributed by atoms with Gasteiger partial charge in [0.15, 0.2) is 0 Å². The largest absolute Gasteiger partial charge is 0.329 e. The molecule has 0 aromatic heterocycles. The van der Waals surface area contributed by atoms with Gasteiger partial charge in [-0.25, -0.2) is 4.39 Å². The molecule has 104 valence electrons. The van der Waals surface area contributed by atoms with Crippen LogP contribution in [-0.2, 0) is 11.2 Å². The van der Waals surface area contributed by atoms with Crippen molar-refractivity contribution >= 4 is 17.4 Å². The van der Waals surface area contributed by atoms with E-state index in [1.54, 1.807) is 12.1 Å². The van der Waals surface area contributed by atoms with Gasteiger partial charge >= 0.3 is 0 Å². The van der Waals surface area contributed by atoms with Gasteiger partial charge < -0.3 is 5.73 Å². The third-order valence-electron chi connectivity index (χ3n) is 3.22. The van der Waals surface area contributed by atoms with Crippen molar-refractivity contribution in [2.24, 2.45) is 5.73 Å². The van der Waals surface area contributed by atoms with Crippen molar-refractivity contribution in [1.82, 2.24) is 0 Å². The van der Waals surface area contributed by atoms with Gasteiger partial charge in [0.1, 0.15) is 11.6 Å². The minimum absolute atomic E-state index is 0.0108. The highest BCUT2D eigenvalue weighted by atomic mass is 35.5. The Bertz CT molecular complexity index is 601. The van der Waals surface area contributed by atoms with E-state index >= 15 is 0 Å². The van der Waals surface area contributed by atoms with Crippen molar-refractivity contribution in [3.63, 3.8) is 0 Å². The topological polar surface area (TPSA) is 43.1 Å². The van der Waals surface area contributed by atoms with Gasteiger partial charge in [-0.15, -0.1) is 0 Å². The number of benzene rings is 2. The van der Waals surface area contributed by atoms with Crippen LogP contribution in [0.1, 0.15) is 17.0 Å². The fourth-order valence-corrected chi connectivity index (χ4v) is 2.33. The summed E-state index contributed by atoms with van der Waals surface area (Å²) < 4.78 is 13.8. The van der Waals surface area contributed by atoms with E-state index < -0.39 is 11.7 Å². The Morgan fingerprint density at radius 1 is 1.15 bits per heavy atom. The molecule has 0 fully saturated rings. The highest BCUT2D eigenvalue weighted by molar-refractivity contribution is 6.30. The smallest absolute Gasteiger partial charge is 0.146 e. The first kappa shape index (κ1) is 14.7. The molecule has 2 nitrogen and oxygen atoms in total. The molecule has 0 heterocycles. The molecule has 2 aromatic carbocycles. The molecule has 0 saturated carbocycles. The minimum atomic E-state index is -0.536. The number of rotatable bonds is 5. The summed E-state index contributed by atoms with van der Waals surface area (Å²) >= 11 is 5.72. The van der Waals surface area contributed by atoms with Gasteiger partial charge in [-0.1, -0.05) is 54.1 Å². The summed E-state index contributed by atoms with van der Waals surface area (Å²) in [6.07, 6.45) is -0.0108. The summed E-state index contributed by atoms with van der Waals surface area (Å²) in [6, 6.07) is 13.9. The molecule has 0 bridgehead atoms. The highest BCUT2D eigenvalue weighted by Gasteiger charge is 2.20. The number of hydrogen-bond acceptors (Lipinski definition) is 2. The Morgan fingerprint density at radius 2 is 1.85 bits per heavy atom. The molecule has 2 rings (SSSR count). The zero-order chi connectivity index (χ0) is 14.5. The van der Waals surface area contributed by atoms with Crippen LogP contribution < -0.4 is 5.73 Å². The van der Waals surface area contributed by atoms with Gasteiger partial charge in [-0.2, -0.15) is 0 Å². The SMILES string of the molecule is NCC(C(=O)Cc1cccc(Cl)c1F)c1ccccc1. The lowest BCUT2D eigenvalue weighted by Crippen LogP contribution is -2.23. The number of hydrogen-bond donors (Lipinski definition) is 1. The summed E-state index contributed by atoms with van der Waals surface area (Å²) in [6.45, 7) is 0.199. The number of Topliss-reactive ketones (excluding diaryl/α,β-unsaturated/α-hetero) is 1. The molecule has 0 aliphatic rings. The third kappa shape index (κ3) is 3.24. The summed E-state index contributed by atoms with van der Waals surface area (Å²) in [5.74, 6) is -1.07. The maximum absolute atomic E-state index is 13.8. The Morgan fingerprint density at radius 3 is 2.50 bits per heavy atom. The highest BCUT2D eigenvalue weighted by Crippen LogP contribution is 2.22. The van der Waals surface area contributed by atoms with Crippen LogP contribution in [0.15, 0.2) is 48.5 Å². The Kier molecular flexibility index (Phi) is 4.88. The van der Waals surface area contributed by atoms with E-state index in [0.717, 1.165) is 5.56 Å². The fraction of sp³-hybridized carbons (Fsp3) is 0.188. The minimum Gasteiger partial charge on any atom is -0.329 e. The second-order valence-electron chi connectivity index (χ2n) is 4.56. The second kappa shape index (κ2) is 6.64. The van der Waals surface area contributed by atoms with E-state index in [9.17, 15) is 9.18 Å². The van der Waals surface area contributed by atoms with Crippen LogP contribution in [0.25, 0.3) is 0 Å². The van der Waals surface area contributed by atoms with E-state index in [0.29, 0.717) is 5.56 Å². The number of nitrogens with two attached hydrogens (primary N) is 1. The molecule has 0 radical (unpaired) electrons. The van der Waals surface area contributed by atoms with E-state index in [1.165, 1.54) is 6.07 Å². The zero-order valence-electron chi connectivity index (χ0n) is 10.9. The number of carbonyl (C=O) groups excluding carboxylic acids is 1. The molecule has 20 heavy (non-hydrogen) atoms. The summed E-state index contributed by atoms with van der Waals surface area (Å²) in [4.78, 5) is 12.3. The van der Waals surface area contributed by atoms with Crippen molar-refractivity contribution in [3.8, 4) is 0 Å². The molecule has 0 saturated heterocycles. The van der Waals surface area contributed by atoms with Crippen molar-refractivity contribution < 1.29 is 9.18 Å². The average Bonchev–Trinajstić information content (AvgIpc) is 2.46. The van der Waals surface area contributed by atoms with Gasteiger partial charge in [-0.3, -0.25) is 4.79 Å². The summed E-state index contributed by atoms with van der Waals surface area (Å²) in [5, 5.41) is 0.0271. The van der Waals surface area contributed by atoms with E-state index in [1.807, 2.05) is 30.3 Å². The third-order valence-corrected chi connectivity index (χ3v) is 3.51. The van der Waals surface area contributed by atoms with Crippen LogP contribution in [0, 0.1) is 5.82 Å². The number of ketones is 1. The molecule has 0 spiro atoms. The Hall–Kier alpha value is -1.71. The van der Waals surface area contributed by atoms with Crippen LogP contribution >= 0.6 is 11.6 Å². The van der Waals surface area contributed by atoms with E-state index in [2.05, 4.69) is 0 Å². The van der Waals surface area contributed by atoms with Gasteiger partial charge in [-0.05, 0) is 17.2 Å².